The van der Waals surface area contributed by atoms with Gasteiger partial charge in [0, 0.05) is 9.13 Å². The first kappa shape index (κ1) is 15.8. The summed E-state index contributed by atoms with van der Waals surface area (Å²) in [5, 5.41) is 2.85. The first-order valence-electron chi connectivity index (χ1n) is 6.80. The van der Waals surface area contributed by atoms with Crippen molar-refractivity contribution in [2.24, 2.45) is 0 Å². The molecule has 0 fully saturated rings. The van der Waals surface area contributed by atoms with Gasteiger partial charge in [-0.2, -0.15) is 0 Å². The molecule has 0 saturated heterocycles. The van der Waals surface area contributed by atoms with Crippen molar-refractivity contribution in [1.82, 2.24) is 5.32 Å². The highest BCUT2D eigenvalue weighted by atomic mass is 127. The Bertz CT molecular complexity index is 623. The lowest BCUT2D eigenvalue weighted by molar-refractivity contribution is 0.0947. The Morgan fingerprint density at radius 2 is 1.86 bits per heavy atom. The third kappa shape index (κ3) is 4.74. The van der Waals surface area contributed by atoms with E-state index in [2.05, 4.69) is 40.9 Å². The third-order valence-corrected chi connectivity index (χ3v) is 3.80. The summed E-state index contributed by atoms with van der Waals surface area (Å²) in [5.41, 5.74) is 2.99. The maximum Gasteiger partial charge on any atom is 0.251 e. The molecule has 0 radical (unpaired) electrons. The minimum Gasteiger partial charge on any atom is -0.491 e. The molecule has 2 aromatic rings. The van der Waals surface area contributed by atoms with Gasteiger partial charge in [-0.3, -0.25) is 4.79 Å². The lowest BCUT2D eigenvalue weighted by Crippen LogP contribution is -2.28. The molecule has 0 aliphatic rings. The van der Waals surface area contributed by atoms with E-state index in [0.717, 1.165) is 14.9 Å². The van der Waals surface area contributed by atoms with E-state index in [0.29, 0.717) is 18.7 Å². The molecule has 0 heterocycles. The van der Waals surface area contributed by atoms with Crippen molar-refractivity contribution in [3.63, 3.8) is 0 Å². The van der Waals surface area contributed by atoms with Gasteiger partial charge in [0.2, 0.25) is 0 Å². The van der Waals surface area contributed by atoms with Crippen LogP contribution >= 0.6 is 22.6 Å². The fraction of sp³-hybridized carbons (Fsp3) is 0.235. The molecule has 0 bridgehead atoms. The van der Waals surface area contributed by atoms with E-state index < -0.39 is 0 Å². The maximum atomic E-state index is 11.9. The average Bonchev–Trinajstić information content (AvgIpc) is 2.46. The SMILES string of the molecule is Cc1ccc(OCCNC(=O)c2ccc(I)cc2)c(C)c1. The fourth-order valence-corrected chi connectivity index (χ4v) is 2.35. The van der Waals surface area contributed by atoms with Crippen molar-refractivity contribution in [1.29, 1.82) is 0 Å². The second kappa shape index (κ2) is 7.45. The summed E-state index contributed by atoms with van der Waals surface area (Å²) in [5.74, 6) is 0.791. The molecule has 1 amide bonds. The minimum atomic E-state index is -0.0735. The van der Waals surface area contributed by atoms with E-state index in [4.69, 9.17) is 4.74 Å². The number of benzene rings is 2. The first-order valence-corrected chi connectivity index (χ1v) is 7.88. The number of ether oxygens (including phenoxy) is 1. The lowest BCUT2D eigenvalue weighted by Gasteiger charge is -2.10. The van der Waals surface area contributed by atoms with Crippen LogP contribution in [0.1, 0.15) is 21.5 Å². The highest BCUT2D eigenvalue weighted by Crippen LogP contribution is 2.18. The molecule has 0 aliphatic heterocycles. The molecule has 110 valence electrons. The molecule has 4 heteroatoms. The van der Waals surface area contributed by atoms with Crippen molar-refractivity contribution in [3.05, 3.63) is 62.7 Å². The molecule has 0 aromatic heterocycles. The summed E-state index contributed by atoms with van der Waals surface area (Å²) >= 11 is 2.21. The average molecular weight is 395 g/mol. The first-order chi connectivity index (χ1) is 10.1. The molecule has 0 spiro atoms. The van der Waals surface area contributed by atoms with E-state index >= 15 is 0 Å². The van der Waals surface area contributed by atoms with E-state index in [9.17, 15) is 4.79 Å². The Balaban J connectivity index is 1.79. The summed E-state index contributed by atoms with van der Waals surface area (Å²) in [6.07, 6.45) is 0. The quantitative estimate of drug-likeness (QED) is 0.619. The number of hydrogen-bond donors (Lipinski definition) is 1. The largest absolute Gasteiger partial charge is 0.491 e. The zero-order valence-electron chi connectivity index (χ0n) is 12.2. The molecular weight excluding hydrogens is 377 g/mol. The van der Waals surface area contributed by atoms with Crippen molar-refractivity contribution < 1.29 is 9.53 Å². The van der Waals surface area contributed by atoms with Crippen LogP contribution in [0.2, 0.25) is 0 Å². The Kier molecular flexibility index (Phi) is 5.61. The Hall–Kier alpha value is -1.56. The Morgan fingerprint density at radius 1 is 1.14 bits per heavy atom. The highest BCUT2D eigenvalue weighted by Gasteiger charge is 2.04. The van der Waals surface area contributed by atoms with Gasteiger partial charge in [-0.15, -0.1) is 0 Å². The number of rotatable bonds is 5. The summed E-state index contributed by atoms with van der Waals surface area (Å²) in [7, 11) is 0. The van der Waals surface area contributed by atoms with Crippen LogP contribution in [0.15, 0.2) is 42.5 Å². The zero-order valence-corrected chi connectivity index (χ0v) is 14.3. The number of hydrogen-bond acceptors (Lipinski definition) is 2. The van der Waals surface area contributed by atoms with Gasteiger partial charge in [0.25, 0.3) is 5.91 Å². The fourth-order valence-electron chi connectivity index (χ4n) is 1.99. The topological polar surface area (TPSA) is 38.3 Å². The van der Waals surface area contributed by atoms with Crippen molar-refractivity contribution in [2.45, 2.75) is 13.8 Å². The number of nitrogens with one attached hydrogen (secondary N) is 1. The minimum absolute atomic E-state index is 0.0735. The van der Waals surface area contributed by atoms with Crippen LogP contribution in [-0.4, -0.2) is 19.1 Å². The van der Waals surface area contributed by atoms with Crippen LogP contribution in [0.25, 0.3) is 0 Å². The van der Waals surface area contributed by atoms with E-state index in [1.54, 1.807) is 0 Å². The van der Waals surface area contributed by atoms with Crippen LogP contribution in [0.3, 0.4) is 0 Å². The third-order valence-electron chi connectivity index (χ3n) is 3.08. The van der Waals surface area contributed by atoms with Crippen LogP contribution in [-0.2, 0) is 0 Å². The lowest BCUT2D eigenvalue weighted by atomic mass is 10.1. The molecule has 1 N–H and O–H groups in total. The Labute approximate surface area is 138 Å². The van der Waals surface area contributed by atoms with E-state index in [1.807, 2.05) is 43.3 Å². The van der Waals surface area contributed by atoms with Crippen LogP contribution < -0.4 is 10.1 Å². The maximum absolute atomic E-state index is 11.9. The number of halogens is 1. The van der Waals surface area contributed by atoms with Crippen molar-refractivity contribution in [3.8, 4) is 5.75 Å². The Morgan fingerprint density at radius 3 is 2.52 bits per heavy atom. The molecule has 0 saturated carbocycles. The van der Waals surface area contributed by atoms with Gasteiger partial charge in [-0.1, -0.05) is 17.7 Å². The zero-order chi connectivity index (χ0) is 15.2. The van der Waals surface area contributed by atoms with Gasteiger partial charge in [-0.05, 0) is 72.3 Å². The standard InChI is InChI=1S/C17H18INO2/c1-12-3-8-16(13(2)11-12)21-10-9-19-17(20)14-4-6-15(18)7-5-14/h3-8,11H,9-10H2,1-2H3,(H,19,20). The van der Waals surface area contributed by atoms with Gasteiger partial charge in [0.15, 0.2) is 0 Å². The monoisotopic (exact) mass is 395 g/mol. The molecule has 21 heavy (non-hydrogen) atoms. The number of carbonyl (C=O) groups is 1. The summed E-state index contributed by atoms with van der Waals surface area (Å²) in [6.45, 7) is 5.02. The smallest absolute Gasteiger partial charge is 0.251 e. The molecule has 0 unspecified atom stereocenters. The van der Waals surface area contributed by atoms with Crippen LogP contribution in [0.4, 0.5) is 0 Å². The van der Waals surface area contributed by atoms with E-state index in [1.165, 1.54) is 5.56 Å². The van der Waals surface area contributed by atoms with Crippen LogP contribution in [0.5, 0.6) is 5.75 Å². The van der Waals surface area contributed by atoms with Gasteiger partial charge in [0.1, 0.15) is 12.4 Å². The van der Waals surface area contributed by atoms with Gasteiger partial charge in [0.05, 0.1) is 6.54 Å². The number of amides is 1. The summed E-state index contributed by atoms with van der Waals surface area (Å²) < 4.78 is 6.79. The molecule has 3 nitrogen and oxygen atoms in total. The highest BCUT2D eigenvalue weighted by molar-refractivity contribution is 14.1. The van der Waals surface area contributed by atoms with Gasteiger partial charge in [-0.25, -0.2) is 0 Å². The predicted molar refractivity (Wildman–Crippen MR) is 92.9 cm³/mol. The van der Waals surface area contributed by atoms with Crippen molar-refractivity contribution >= 4 is 28.5 Å². The summed E-state index contributed by atoms with van der Waals surface area (Å²) in [4.78, 5) is 11.9. The molecular formula is C17H18INO2. The van der Waals surface area contributed by atoms with E-state index in [-0.39, 0.29) is 5.91 Å². The molecule has 2 rings (SSSR count). The molecule has 0 atom stereocenters. The number of aryl methyl sites for hydroxylation is 2. The second-order valence-corrected chi connectivity index (χ2v) is 6.13. The normalized spacial score (nSPS) is 10.2. The van der Waals surface area contributed by atoms with Gasteiger partial charge < -0.3 is 10.1 Å². The second-order valence-electron chi connectivity index (χ2n) is 4.88. The van der Waals surface area contributed by atoms with Crippen LogP contribution in [0, 0.1) is 17.4 Å². The predicted octanol–water partition coefficient (Wildman–Crippen LogP) is 3.72. The molecule has 0 aliphatic carbocycles. The van der Waals surface area contributed by atoms with Crippen molar-refractivity contribution in [2.75, 3.05) is 13.2 Å². The summed E-state index contributed by atoms with van der Waals surface area (Å²) in [6, 6.07) is 13.5. The molecule has 2 aromatic carbocycles. The van der Waals surface area contributed by atoms with Gasteiger partial charge >= 0.3 is 0 Å². The number of carbonyl (C=O) groups excluding carboxylic acids is 1.